The number of hydrogen-bond donors (Lipinski definition) is 3. The van der Waals surface area contributed by atoms with Crippen LogP contribution in [0.15, 0.2) is 59.8 Å². The van der Waals surface area contributed by atoms with Crippen molar-refractivity contribution >= 4 is 28.2 Å². The highest BCUT2D eigenvalue weighted by molar-refractivity contribution is 5.95. The standard InChI is InChI=1S/C24H25N7O/c1-31-10-7-16(8-11-31)15-2-4-19(5-3-15)29-22-21-17(6-9-26-23(21)32)12-20(30-22)18-13-27-24(25)28-14-18/h2-6,9,12-14,16H,7-8,10-11H2,1H3,(H,26,32)(H,29,30)(H2,25,27,28). The van der Waals surface area contributed by atoms with E-state index in [1.54, 1.807) is 18.6 Å². The maximum atomic E-state index is 12.6. The Kier molecular flexibility index (Phi) is 5.28. The Morgan fingerprint density at radius 1 is 1.09 bits per heavy atom. The quantitative estimate of drug-likeness (QED) is 0.457. The number of nitrogens with one attached hydrogen (secondary N) is 2. The van der Waals surface area contributed by atoms with Crippen molar-refractivity contribution in [3.05, 3.63) is 70.9 Å². The zero-order valence-electron chi connectivity index (χ0n) is 17.9. The van der Waals surface area contributed by atoms with E-state index in [2.05, 4.69) is 56.5 Å². The molecule has 0 unspecified atom stereocenters. The maximum Gasteiger partial charge on any atom is 0.259 e. The van der Waals surface area contributed by atoms with Gasteiger partial charge in [0.15, 0.2) is 0 Å². The van der Waals surface area contributed by atoms with Crippen LogP contribution in [-0.2, 0) is 0 Å². The molecule has 1 fully saturated rings. The third-order valence-electron chi connectivity index (χ3n) is 6.09. The Hall–Kier alpha value is -3.78. The number of H-pyrrole nitrogens is 1. The summed E-state index contributed by atoms with van der Waals surface area (Å²) in [5, 5.41) is 4.63. The zero-order valence-corrected chi connectivity index (χ0v) is 17.9. The topological polar surface area (TPSA) is 113 Å². The largest absolute Gasteiger partial charge is 0.368 e. The second-order valence-corrected chi connectivity index (χ2v) is 8.28. The summed E-state index contributed by atoms with van der Waals surface area (Å²) in [6, 6.07) is 12.2. The summed E-state index contributed by atoms with van der Waals surface area (Å²) in [6.45, 7) is 2.26. The van der Waals surface area contributed by atoms with Gasteiger partial charge in [0.2, 0.25) is 5.95 Å². The van der Waals surface area contributed by atoms with Gasteiger partial charge in [-0.2, -0.15) is 0 Å². The number of piperidine rings is 1. The van der Waals surface area contributed by atoms with Gasteiger partial charge in [-0.15, -0.1) is 0 Å². The van der Waals surface area contributed by atoms with E-state index in [1.165, 1.54) is 18.4 Å². The van der Waals surface area contributed by atoms with Crippen LogP contribution in [0.4, 0.5) is 17.5 Å². The number of aromatic amines is 1. The molecule has 5 rings (SSSR count). The second-order valence-electron chi connectivity index (χ2n) is 8.28. The molecule has 1 aromatic carbocycles. The van der Waals surface area contributed by atoms with Crippen LogP contribution in [0.25, 0.3) is 22.0 Å². The number of aromatic nitrogens is 4. The van der Waals surface area contributed by atoms with Crippen molar-refractivity contribution in [3.8, 4) is 11.3 Å². The third-order valence-corrected chi connectivity index (χ3v) is 6.09. The van der Waals surface area contributed by atoms with Crippen LogP contribution in [0, 0.1) is 0 Å². The predicted octanol–water partition coefficient (Wildman–Crippen LogP) is 3.52. The Labute approximate surface area is 185 Å². The highest BCUT2D eigenvalue weighted by atomic mass is 16.1. The molecule has 1 aliphatic heterocycles. The van der Waals surface area contributed by atoms with Crippen LogP contribution in [0.1, 0.15) is 24.3 Å². The number of fused-ring (bicyclic) bond motifs is 1. The van der Waals surface area contributed by atoms with E-state index in [4.69, 9.17) is 10.7 Å². The highest BCUT2D eigenvalue weighted by Gasteiger charge is 2.18. The summed E-state index contributed by atoms with van der Waals surface area (Å²) in [5.74, 6) is 1.29. The maximum absolute atomic E-state index is 12.6. The molecular formula is C24H25N7O. The molecular weight excluding hydrogens is 402 g/mol. The first-order valence-corrected chi connectivity index (χ1v) is 10.7. The van der Waals surface area contributed by atoms with Gasteiger partial charge in [0.05, 0.1) is 11.1 Å². The minimum atomic E-state index is -0.194. The summed E-state index contributed by atoms with van der Waals surface area (Å²) in [7, 11) is 2.17. The zero-order chi connectivity index (χ0) is 22.1. The average Bonchev–Trinajstić information content (AvgIpc) is 2.80. The van der Waals surface area contributed by atoms with Gasteiger partial charge >= 0.3 is 0 Å². The molecule has 0 bridgehead atoms. The van der Waals surface area contributed by atoms with Gasteiger partial charge in [0.1, 0.15) is 5.82 Å². The second kappa shape index (κ2) is 8.39. The molecule has 0 aliphatic carbocycles. The lowest BCUT2D eigenvalue weighted by atomic mass is 9.89. The molecule has 8 heteroatoms. The molecule has 3 aromatic heterocycles. The fraction of sp³-hybridized carbons (Fsp3) is 0.250. The smallest absolute Gasteiger partial charge is 0.259 e. The number of likely N-dealkylation sites (tertiary alicyclic amines) is 1. The van der Waals surface area contributed by atoms with E-state index in [0.717, 1.165) is 29.7 Å². The Balaban J connectivity index is 1.49. The van der Waals surface area contributed by atoms with E-state index in [1.807, 2.05) is 12.1 Å². The molecule has 1 saturated heterocycles. The van der Waals surface area contributed by atoms with Crippen LogP contribution < -0.4 is 16.6 Å². The molecule has 32 heavy (non-hydrogen) atoms. The fourth-order valence-electron chi connectivity index (χ4n) is 4.24. The van der Waals surface area contributed by atoms with Gasteiger partial charge in [0, 0.05) is 29.8 Å². The van der Waals surface area contributed by atoms with E-state index >= 15 is 0 Å². The normalized spacial score (nSPS) is 15.2. The van der Waals surface area contributed by atoms with E-state index in [9.17, 15) is 4.79 Å². The van der Waals surface area contributed by atoms with Crippen molar-refractivity contribution in [2.75, 3.05) is 31.2 Å². The van der Waals surface area contributed by atoms with Crippen LogP contribution in [0.3, 0.4) is 0 Å². The molecule has 162 valence electrons. The van der Waals surface area contributed by atoms with Gasteiger partial charge in [-0.25, -0.2) is 15.0 Å². The molecule has 1 aliphatic rings. The number of hydrogen-bond acceptors (Lipinski definition) is 7. The van der Waals surface area contributed by atoms with Crippen molar-refractivity contribution < 1.29 is 0 Å². The molecule has 4 N–H and O–H groups in total. The van der Waals surface area contributed by atoms with Crippen molar-refractivity contribution in [2.45, 2.75) is 18.8 Å². The summed E-state index contributed by atoms with van der Waals surface area (Å²) in [4.78, 5) is 30.5. The monoisotopic (exact) mass is 427 g/mol. The first kappa shape index (κ1) is 20.1. The highest BCUT2D eigenvalue weighted by Crippen LogP contribution is 2.30. The van der Waals surface area contributed by atoms with Crippen molar-refractivity contribution in [1.82, 2.24) is 24.8 Å². The van der Waals surface area contributed by atoms with Gasteiger partial charge < -0.3 is 20.9 Å². The first-order valence-electron chi connectivity index (χ1n) is 10.7. The Morgan fingerprint density at radius 3 is 2.53 bits per heavy atom. The van der Waals surface area contributed by atoms with Crippen LogP contribution >= 0.6 is 0 Å². The molecule has 0 amide bonds. The van der Waals surface area contributed by atoms with Crippen molar-refractivity contribution in [2.24, 2.45) is 0 Å². The average molecular weight is 428 g/mol. The molecule has 4 heterocycles. The summed E-state index contributed by atoms with van der Waals surface area (Å²) in [5.41, 5.74) is 9.04. The summed E-state index contributed by atoms with van der Waals surface area (Å²) >= 11 is 0. The van der Waals surface area contributed by atoms with E-state index < -0.39 is 0 Å². The van der Waals surface area contributed by atoms with Crippen molar-refractivity contribution in [1.29, 1.82) is 0 Å². The lowest BCUT2D eigenvalue weighted by molar-refractivity contribution is 0.255. The van der Waals surface area contributed by atoms with Gasteiger partial charge in [-0.3, -0.25) is 4.79 Å². The van der Waals surface area contributed by atoms with Crippen LogP contribution in [0.2, 0.25) is 0 Å². The first-order chi connectivity index (χ1) is 15.6. The number of pyridine rings is 2. The predicted molar refractivity (Wildman–Crippen MR) is 127 cm³/mol. The minimum Gasteiger partial charge on any atom is -0.368 e. The van der Waals surface area contributed by atoms with E-state index in [0.29, 0.717) is 22.8 Å². The number of nitrogen functional groups attached to an aromatic ring is 1. The molecule has 0 atom stereocenters. The molecule has 0 spiro atoms. The number of anilines is 3. The Bertz CT molecular complexity index is 1290. The summed E-state index contributed by atoms with van der Waals surface area (Å²) in [6.07, 6.45) is 7.24. The van der Waals surface area contributed by atoms with Gasteiger partial charge in [-0.1, -0.05) is 12.1 Å². The SMILES string of the molecule is CN1CCC(c2ccc(Nc3nc(-c4cnc(N)nc4)cc4cc[nH]c(=O)c34)cc2)CC1. The molecule has 4 aromatic rings. The molecule has 0 saturated carbocycles. The lowest BCUT2D eigenvalue weighted by Crippen LogP contribution is -2.29. The van der Waals surface area contributed by atoms with Gasteiger partial charge in [0.25, 0.3) is 5.56 Å². The third kappa shape index (κ3) is 4.04. The fourth-order valence-corrected chi connectivity index (χ4v) is 4.24. The molecule has 0 radical (unpaired) electrons. The van der Waals surface area contributed by atoms with E-state index in [-0.39, 0.29) is 11.5 Å². The number of nitrogens with zero attached hydrogens (tertiary/aromatic N) is 4. The minimum absolute atomic E-state index is 0.194. The number of benzene rings is 1. The van der Waals surface area contributed by atoms with Crippen LogP contribution in [0.5, 0.6) is 0 Å². The summed E-state index contributed by atoms with van der Waals surface area (Å²) < 4.78 is 0. The number of rotatable bonds is 4. The van der Waals surface area contributed by atoms with Crippen molar-refractivity contribution in [3.63, 3.8) is 0 Å². The van der Waals surface area contributed by atoms with Gasteiger partial charge in [-0.05, 0) is 74.1 Å². The van der Waals surface area contributed by atoms with Crippen LogP contribution in [-0.4, -0.2) is 45.0 Å². The Morgan fingerprint density at radius 2 is 1.81 bits per heavy atom. The molecule has 8 nitrogen and oxygen atoms in total. The number of nitrogens with two attached hydrogens (primary N) is 1. The lowest BCUT2D eigenvalue weighted by Gasteiger charge is -2.29.